The van der Waals surface area contributed by atoms with E-state index in [1.807, 2.05) is 24.4 Å². The Morgan fingerprint density at radius 3 is 2.61 bits per heavy atom. The van der Waals surface area contributed by atoms with Gasteiger partial charge in [0, 0.05) is 63.8 Å². The van der Waals surface area contributed by atoms with Crippen molar-refractivity contribution in [2.75, 3.05) is 39.0 Å². The summed E-state index contributed by atoms with van der Waals surface area (Å²) in [5.41, 5.74) is 9.53. The summed E-state index contributed by atoms with van der Waals surface area (Å²) in [4.78, 5) is 22.5. The third kappa shape index (κ3) is 5.30. The second-order valence-electron chi connectivity index (χ2n) is 11.7. The van der Waals surface area contributed by atoms with Gasteiger partial charge < -0.3 is 25.0 Å². The molecule has 5 atom stereocenters. The van der Waals surface area contributed by atoms with Crippen molar-refractivity contribution in [3.63, 3.8) is 0 Å². The quantitative estimate of drug-likeness (QED) is 0.561. The number of nitrogens with zero attached hydrogens (tertiary/aromatic N) is 6. The topological polar surface area (TPSA) is 101 Å². The molecule has 4 aliphatic rings. The van der Waals surface area contributed by atoms with Crippen LogP contribution in [0.3, 0.4) is 0 Å². The summed E-state index contributed by atoms with van der Waals surface area (Å²) in [6.07, 6.45) is 4.28. The molecule has 3 fully saturated rings. The summed E-state index contributed by atoms with van der Waals surface area (Å²) < 4.78 is 55.5. The average molecular weight is 576 g/mol. The molecule has 13 heteroatoms. The summed E-state index contributed by atoms with van der Waals surface area (Å²) >= 11 is 0. The standard InChI is InChI=1S/C28H36F3N7O3/c1-16-9-35(10-17(2)41-16)11-19-6-22(38-25(19)26(32)33-15-34-38)18-4-5-24(40-3)37(12-18)23-14-36(13-21(23)29)27(39)20-7-28(30,31)8-20/h4-6,12,15-17,20-21,23-24H,7-11,13-14H2,1-3H3,(H2,32,33,34)/t16?,17?,21-,23+,24?/m0/s1. The van der Waals surface area contributed by atoms with E-state index < -0.39 is 49.0 Å². The first-order chi connectivity index (χ1) is 19.5. The number of ether oxygens (including phenoxy) is 2. The summed E-state index contributed by atoms with van der Waals surface area (Å²) in [5, 5.41) is 4.49. The molecule has 2 N–H and O–H groups in total. The van der Waals surface area contributed by atoms with Gasteiger partial charge >= 0.3 is 0 Å². The maximum absolute atomic E-state index is 15.4. The fourth-order valence-corrected chi connectivity index (χ4v) is 6.63. The Bertz CT molecular complexity index is 1360. The Hall–Kier alpha value is -3.16. The van der Waals surface area contributed by atoms with E-state index in [1.165, 1.54) is 18.3 Å². The number of nitrogen functional groups attached to an aromatic ring is 1. The Kier molecular flexibility index (Phi) is 7.23. The van der Waals surface area contributed by atoms with E-state index >= 15 is 4.39 Å². The zero-order valence-electron chi connectivity index (χ0n) is 23.4. The van der Waals surface area contributed by atoms with Crippen LogP contribution in [0.4, 0.5) is 19.0 Å². The molecule has 6 rings (SSSR count). The number of hydrogen-bond acceptors (Lipinski definition) is 8. The van der Waals surface area contributed by atoms with E-state index in [1.54, 1.807) is 9.42 Å². The second kappa shape index (κ2) is 10.6. The van der Waals surface area contributed by atoms with Crippen molar-refractivity contribution in [1.82, 2.24) is 29.3 Å². The number of likely N-dealkylation sites (tertiary alicyclic amines) is 1. The van der Waals surface area contributed by atoms with Crippen LogP contribution in [0.2, 0.25) is 0 Å². The summed E-state index contributed by atoms with van der Waals surface area (Å²) in [6.45, 7) is 6.25. The van der Waals surface area contributed by atoms with Crippen molar-refractivity contribution >= 4 is 22.8 Å². The minimum Gasteiger partial charge on any atom is -0.382 e. The molecule has 222 valence electrons. The molecule has 3 unspecified atom stereocenters. The number of hydrogen-bond donors (Lipinski definition) is 1. The van der Waals surface area contributed by atoms with Gasteiger partial charge in [0.2, 0.25) is 11.8 Å². The van der Waals surface area contributed by atoms with E-state index in [4.69, 9.17) is 15.2 Å². The largest absolute Gasteiger partial charge is 0.382 e. The van der Waals surface area contributed by atoms with Crippen molar-refractivity contribution in [1.29, 1.82) is 0 Å². The number of allylic oxidation sites excluding steroid dienone is 2. The van der Waals surface area contributed by atoms with Crippen LogP contribution in [0.5, 0.6) is 0 Å². The molecule has 0 aromatic carbocycles. The lowest BCUT2D eigenvalue weighted by molar-refractivity contribution is -0.159. The highest BCUT2D eigenvalue weighted by molar-refractivity contribution is 5.81. The number of carbonyl (C=O) groups is 1. The van der Waals surface area contributed by atoms with E-state index in [0.717, 1.165) is 29.9 Å². The molecular formula is C28H36F3N7O3. The van der Waals surface area contributed by atoms with E-state index in [2.05, 4.69) is 28.8 Å². The molecule has 10 nitrogen and oxygen atoms in total. The number of amides is 1. The number of aromatic nitrogens is 3. The zero-order valence-corrected chi connectivity index (χ0v) is 23.4. The highest BCUT2D eigenvalue weighted by Gasteiger charge is 2.52. The van der Waals surface area contributed by atoms with Gasteiger partial charge in [0.05, 0.1) is 30.5 Å². The SMILES string of the molecule is COC1C=CC(c2cc(CN3CC(C)OC(C)C3)c3c(N)ncnn23)=CN1[C@@H]1CN(C(=O)C2CC(F)(F)C2)C[C@@H]1F. The molecule has 0 radical (unpaired) electrons. The predicted molar refractivity (Wildman–Crippen MR) is 145 cm³/mol. The number of rotatable bonds is 6. The van der Waals surface area contributed by atoms with Gasteiger partial charge in [-0.2, -0.15) is 5.10 Å². The van der Waals surface area contributed by atoms with Gasteiger partial charge in [-0.25, -0.2) is 22.7 Å². The molecule has 5 heterocycles. The van der Waals surface area contributed by atoms with Gasteiger partial charge in [-0.3, -0.25) is 9.69 Å². The highest BCUT2D eigenvalue weighted by atomic mass is 19.3. The first-order valence-electron chi connectivity index (χ1n) is 14.0. The first kappa shape index (κ1) is 28.0. The molecule has 1 aliphatic carbocycles. The van der Waals surface area contributed by atoms with Crippen molar-refractivity contribution in [2.45, 2.75) is 69.8 Å². The van der Waals surface area contributed by atoms with Gasteiger partial charge in [-0.1, -0.05) is 6.08 Å². The van der Waals surface area contributed by atoms with Gasteiger partial charge in [-0.15, -0.1) is 0 Å². The molecule has 2 saturated heterocycles. The summed E-state index contributed by atoms with van der Waals surface area (Å²) in [6, 6.07) is 1.33. The van der Waals surface area contributed by atoms with Crippen LogP contribution < -0.4 is 5.73 Å². The third-order valence-electron chi connectivity index (χ3n) is 8.46. The Labute approximate surface area is 236 Å². The predicted octanol–water partition coefficient (Wildman–Crippen LogP) is 2.70. The molecule has 0 bridgehead atoms. The van der Waals surface area contributed by atoms with E-state index in [9.17, 15) is 13.6 Å². The number of fused-ring (bicyclic) bond motifs is 1. The Morgan fingerprint density at radius 2 is 1.93 bits per heavy atom. The van der Waals surface area contributed by atoms with Crippen LogP contribution in [0, 0.1) is 5.92 Å². The molecule has 2 aromatic heterocycles. The van der Waals surface area contributed by atoms with Crippen LogP contribution in [-0.4, -0.2) is 105 Å². The number of morpholine rings is 1. The Balaban J connectivity index is 1.28. The molecule has 3 aliphatic heterocycles. The second-order valence-corrected chi connectivity index (χ2v) is 11.7. The van der Waals surface area contributed by atoms with Crippen LogP contribution in [0.1, 0.15) is 37.9 Å². The maximum atomic E-state index is 15.4. The summed E-state index contributed by atoms with van der Waals surface area (Å²) in [7, 11) is 1.53. The van der Waals surface area contributed by atoms with Crippen LogP contribution in [0.25, 0.3) is 11.1 Å². The molecule has 41 heavy (non-hydrogen) atoms. The number of methoxy groups -OCH3 is 1. The van der Waals surface area contributed by atoms with Crippen LogP contribution >= 0.6 is 0 Å². The smallest absolute Gasteiger partial charge is 0.249 e. The number of carbonyl (C=O) groups excluding carboxylic acids is 1. The Morgan fingerprint density at radius 1 is 1.20 bits per heavy atom. The number of halogens is 3. The molecule has 1 amide bonds. The van der Waals surface area contributed by atoms with E-state index in [-0.39, 0.29) is 25.3 Å². The fraction of sp³-hybridized carbons (Fsp3) is 0.607. The third-order valence-corrected chi connectivity index (χ3v) is 8.46. The minimum atomic E-state index is -2.81. The fourth-order valence-electron chi connectivity index (χ4n) is 6.63. The molecular weight excluding hydrogens is 539 g/mol. The highest BCUT2D eigenvalue weighted by Crippen LogP contribution is 2.44. The molecule has 0 spiro atoms. The van der Waals surface area contributed by atoms with Crippen molar-refractivity contribution in [3.05, 3.63) is 42.0 Å². The van der Waals surface area contributed by atoms with Crippen molar-refractivity contribution < 1.29 is 27.4 Å². The maximum Gasteiger partial charge on any atom is 0.249 e. The molecule has 2 aromatic rings. The van der Waals surface area contributed by atoms with Crippen LogP contribution in [0.15, 0.2) is 30.7 Å². The number of nitrogens with two attached hydrogens (primary N) is 1. The molecule has 1 saturated carbocycles. The van der Waals surface area contributed by atoms with Gasteiger partial charge in [0.15, 0.2) is 5.82 Å². The lowest BCUT2D eigenvalue weighted by atomic mass is 9.80. The normalized spacial score (nSPS) is 30.6. The first-order valence-corrected chi connectivity index (χ1v) is 14.0. The zero-order chi connectivity index (χ0) is 29.1. The number of anilines is 1. The number of alkyl halides is 3. The van der Waals surface area contributed by atoms with Gasteiger partial charge in [-0.05, 0) is 31.6 Å². The minimum absolute atomic E-state index is 0.0855. The monoisotopic (exact) mass is 575 g/mol. The van der Waals surface area contributed by atoms with Crippen LogP contribution in [-0.2, 0) is 20.8 Å². The summed E-state index contributed by atoms with van der Waals surface area (Å²) in [5.74, 6) is -3.62. The lowest BCUT2D eigenvalue weighted by Crippen LogP contribution is -2.48. The van der Waals surface area contributed by atoms with E-state index in [0.29, 0.717) is 17.9 Å². The van der Waals surface area contributed by atoms with Crippen molar-refractivity contribution in [2.24, 2.45) is 5.92 Å². The van der Waals surface area contributed by atoms with Gasteiger partial charge in [0.25, 0.3) is 0 Å². The lowest BCUT2D eigenvalue weighted by Gasteiger charge is -2.37. The van der Waals surface area contributed by atoms with Gasteiger partial charge in [0.1, 0.15) is 24.2 Å². The average Bonchev–Trinajstić information content (AvgIpc) is 3.47. The van der Waals surface area contributed by atoms with Crippen molar-refractivity contribution in [3.8, 4) is 0 Å².